The van der Waals surface area contributed by atoms with Crippen molar-refractivity contribution < 1.29 is 14.3 Å². The highest BCUT2D eigenvalue weighted by atomic mass is 16.5. The molecule has 1 amide bonds. The van der Waals surface area contributed by atoms with Crippen molar-refractivity contribution in [3.63, 3.8) is 0 Å². The summed E-state index contributed by atoms with van der Waals surface area (Å²) in [5.74, 6) is 3.44. The highest BCUT2D eigenvalue weighted by molar-refractivity contribution is 6.32. The van der Waals surface area contributed by atoms with Crippen molar-refractivity contribution in [1.29, 1.82) is 0 Å². The van der Waals surface area contributed by atoms with E-state index in [4.69, 9.17) is 15.9 Å². The summed E-state index contributed by atoms with van der Waals surface area (Å²) in [6.07, 6.45) is 7.07. The molecule has 0 radical (unpaired) electrons. The first-order valence-electron chi connectivity index (χ1n) is 9.05. The molecule has 142 valence electrons. The second-order valence-electron chi connectivity index (χ2n) is 6.33. The summed E-state index contributed by atoms with van der Waals surface area (Å²) in [5.41, 5.74) is 3.89. The molecule has 0 N–H and O–H groups in total. The molecule has 1 aliphatic heterocycles. The SMILES string of the molecule is C#CCOc1ccc(/C=C2\C(=O)N(c3ccc(C)cc3)N=C2C)cc1OCC. The summed E-state index contributed by atoms with van der Waals surface area (Å²) in [5, 5.41) is 5.84. The Bertz CT molecular complexity index is 982. The van der Waals surface area contributed by atoms with Gasteiger partial charge in [-0.3, -0.25) is 4.79 Å². The number of nitrogens with zero attached hydrogens (tertiary/aromatic N) is 2. The number of hydrogen-bond acceptors (Lipinski definition) is 4. The molecular weight excluding hydrogens is 352 g/mol. The standard InChI is InChI=1S/C23H22N2O3/c1-5-13-28-21-12-9-18(15-22(21)27-6-2)14-20-17(4)24-25(23(20)26)19-10-7-16(3)8-11-19/h1,7-12,14-15H,6,13H2,2-4H3/b20-14-. The highest BCUT2D eigenvalue weighted by Gasteiger charge is 2.28. The topological polar surface area (TPSA) is 51.1 Å². The second-order valence-corrected chi connectivity index (χ2v) is 6.33. The van der Waals surface area contributed by atoms with E-state index in [2.05, 4.69) is 11.0 Å². The molecule has 28 heavy (non-hydrogen) atoms. The summed E-state index contributed by atoms with van der Waals surface area (Å²) in [6.45, 7) is 6.38. The smallest absolute Gasteiger partial charge is 0.280 e. The number of terminal acetylenes is 1. The fourth-order valence-electron chi connectivity index (χ4n) is 2.83. The molecule has 0 unspecified atom stereocenters. The minimum Gasteiger partial charge on any atom is -0.490 e. The van der Waals surface area contributed by atoms with Gasteiger partial charge in [-0.2, -0.15) is 10.1 Å². The molecular formula is C23H22N2O3. The Morgan fingerprint density at radius 1 is 1.11 bits per heavy atom. The molecule has 0 bridgehead atoms. The van der Waals surface area contributed by atoms with Gasteiger partial charge in [0.2, 0.25) is 0 Å². The molecule has 5 heteroatoms. The average Bonchev–Trinajstić information content (AvgIpc) is 2.96. The molecule has 0 aromatic heterocycles. The van der Waals surface area contributed by atoms with Gasteiger partial charge >= 0.3 is 0 Å². The van der Waals surface area contributed by atoms with E-state index in [9.17, 15) is 4.79 Å². The first kappa shape index (κ1) is 19.2. The van der Waals surface area contributed by atoms with Gasteiger partial charge < -0.3 is 9.47 Å². The number of aryl methyl sites for hydroxylation is 1. The largest absolute Gasteiger partial charge is 0.490 e. The van der Waals surface area contributed by atoms with E-state index in [0.29, 0.717) is 29.4 Å². The minimum absolute atomic E-state index is 0.160. The Morgan fingerprint density at radius 2 is 1.86 bits per heavy atom. The van der Waals surface area contributed by atoms with Crippen LogP contribution in [0.25, 0.3) is 6.08 Å². The Kier molecular flexibility index (Phi) is 5.81. The zero-order valence-electron chi connectivity index (χ0n) is 16.2. The summed E-state index contributed by atoms with van der Waals surface area (Å²) in [4.78, 5) is 12.9. The minimum atomic E-state index is -0.160. The zero-order valence-corrected chi connectivity index (χ0v) is 16.2. The summed E-state index contributed by atoms with van der Waals surface area (Å²) < 4.78 is 11.2. The van der Waals surface area contributed by atoms with E-state index >= 15 is 0 Å². The van der Waals surface area contributed by atoms with Crippen molar-refractivity contribution in [2.24, 2.45) is 5.10 Å². The van der Waals surface area contributed by atoms with E-state index in [0.717, 1.165) is 16.8 Å². The van der Waals surface area contributed by atoms with Crippen LogP contribution in [0.15, 0.2) is 53.1 Å². The maximum absolute atomic E-state index is 12.9. The quantitative estimate of drug-likeness (QED) is 0.562. The highest BCUT2D eigenvalue weighted by Crippen LogP contribution is 2.31. The first-order chi connectivity index (χ1) is 13.5. The monoisotopic (exact) mass is 374 g/mol. The van der Waals surface area contributed by atoms with Crippen molar-refractivity contribution in [3.8, 4) is 23.8 Å². The molecule has 0 saturated carbocycles. The van der Waals surface area contributed by atoms with Crippen molar-refractivity contribution in [2.45, 2.75) is 20.8 Å². The Labute approximate surface area is 165 Å². The van der Waals surface area contributed by atoms with Gasteiger partial charge in [-0.25, -0.2) is 0 Å². The predicted molar refractivity (Wildman–Crippen MR) is 112 cm³/mol. The Hall–Kier alpha value is -3.52. The molecule has 0 fully saturated rings. The van der Waals surface area contributed by atoms with Crippen LogP contribution in [0.4, 0.5) is 5.69 Å². The number of carbonyl (C=O) groups excluding carboxylic acids is 1. The molecule has 2 aromatic carbocycles. The number of anilines is 1. The lowest BCUT2D eigenvalue weighted by Gasteiger charge is -2.12. The van der Waals surface area contributed by atoms with Gasteiger partial charge in [0.1, 0.15) is 6.61 Å². The van der Waals surface area contributed by atoms with Crippen LogP contribution in [0, 0.1) is 19.3 Å². The van der Waals surface area contributed by atoms with E-state index in [1.54, 1.807) is 6.07 Å². The van der Waals surface area contributed by atoms with Crippen LogP contribution < -0.4 is 14.5 Å². The Morgan fingerprint density at radius 3 is 2.54 bits per heavy atom. The predicted octanol–water partition coefficient (Wildman–Crippen LogP) is 4.21. The molecule has 3 rings (SSSR count). The zero-order chi connectivity index (χ0) is 20.1. The van der Waals surface area contributed by atoms with Gasteiger partial charge in [0, 0.05) is 0 Å². The van der Waals surface area contributed by atoms with Gasteiger partial charge in [0.05, 0.1) is 23.6 Å². The fourth-order valence-corrected chi connectivity index (χ4v) is 2.83. The number of carbonyl (C=O) groups is 1. The van der Waals surface area contributed by atoms with Crippen LogP contribution in [-0.2, 0) is 4.79 Å². The van der Waals surface area contributed by atoms with E-state index in [1.165, 1.54) is 5.01 Å². The van der Waals surface area contributed by atoms with Crippen LogP contribution in [0.5, 0.6) is 11.5 Å². The number of amides is 1. The van der Waals surface area contributed by atoms with Crippen molar-refractivity contribution in [2.75, 3.05) is 18.2 Å². The fraction of sp³-hybridized carbons (Fsp3) is 0.217. The molecule has 1 aliphatic rings. The van der Waals surface area contributed by atoms with Crippen molar-refractivity contribution >= 4 is 23.4 Å². The lowest BCUT2D eigenvalue weighted by molar-refractivity contribution is -0.114. The number of rotatable bonds is 6. The average molecular weight is 374 g/mol. The molecule has 0 aliphatic carbocycles. The second kappa shape index (κ2) is 8.45. The van der Waals surface area contributed by atoms with Gasteiger partial charge in [-0.05, 0) is 56.7 Å². The first-order valence-corrected chi connectivity index (χ1v) is 9.05. The maximum atomic E-state index is 12.9. The lowest BCUT2D eigenvalue weighted by Crippen LogP contribution is -2.21. The molecule has 0 atom stereocenters. The van der Waals surface area contributed by atoms with Crippen LogP contribution in [0.2, 0.25) is 0 Å². The van der Waals surface area contributed by atoms with Gasteiger partial charge in [-0.1, -0.05) is 29.7 Å². The summed E-state index contributed by atoms with van der Waals surface area (Å²) in [7, 11) is 0. The molecule has 0 spiro atoms. The lowest BCUT2D eigenvalue weighted by atomic mass is 10.1. The number of hydrazone groups is 1. The molecule has 0 saturated heterocycles. The van der Waals surface area contributed by atoms with Gasteiger partial charge in [-0.15, -0.1) is 6.42 Å². The number of benzene rings is 2. The van der Waals surface area contributed by atoms with Crippen LogP contribution in [0.1, 0.15) is 25.0 Å². The maximum Gasteiger partial charge on any atom is 0.280 e. The van der Waals surface area contributed by atoms with E-state index in [-0.39, 0.29) is 12.5 Å². The van der Waals surface area contributed by atoms with Crippen LogP contribution >= 0.6 is 0 Å². The summed E-state index contributed by atoms with van der Waals surface area (Å²) in [6, 6.07) is 13.2. The van der Waals surface area contributed by atoms with Crippen molar-refractivity contribution in [1.82, 2.24) is 0 Å². The normalized spacial score (nSPS) is 14.8. The third kappa shape index (κ3) is 4.07. The van der Waals surface area contributed by atoms with Gasteiger partial charge in [0.15, 0.2) is 11.5 Å². The van der Waals surface area contributed by atoms with Gasteiger partial charge in [0.25, 0.3) is 5.91 Å². The Balaban J connectivity index is 1.89. The van der Waals surface area contributed by atoms with E-state index in [1.807, 2.05) is 63.2 Å². The third-order valence-corrected chi connectivity index (χ3v) is 4.23. The molecule has 5 nitrogen and oxygen atoms in total. The van der Waals surface area contributed by atoms with Crippen molar-refractivity contribution in [3.05, 3.63) is 59.2 Å². The molecule has 2 aromatic rings. The van der Waals surface area contributed by atoms with Crippen LogP contribution in [0.3, 0.4) is 0 Å². The number of ether oxygens (including phenoxy) is 2. The van der Waals surface area contributed by atoms with Crippen LogP contribution in [-0.4, -0.2) is 24.8 Å². The summed E-state index contributed by atoms with van der Waals surface area (Å²) >= 11 is 0. The third-order valence-electron chi connectivity index (χ3n) is 4.23. The molecule has 1 heterocycles. The van der Waals surface area contributed by atoms with E-state index < -0.39 is 0 Å². The number of hydrogen-bond donors (Lipinski definition) is 0.